The zero-order valence-corrected chi connectivity index (χ0v) is 19.1. The quantitative estimate of drug-likeness (QED) is 0.488. The van der Waals surface area contributed by atoms with Gasteiger partial charge in [0.1, 0.15) is 5.02 Å². The van der Waals surface area contributed by atoms with Crippen LogP contribution >= 0.6 is 27.5 Å². The monoisotopic (exact) mass is 493 g/mol. The minimum absolute atomic E-state index is 0.0529. The Morgan fingerprint density at radius 2 is 2.03 bits per heavy atom. The van der Waals surface area contributed by atoms with E-state index in [0.717, 1.165) is 11.1 Å². The second kappa shape index (κ2) is 9.49. The largest absolute Gasteiger partial charge is 0.490 e. The topological polar surface area (TPSA) is 85.7 Å². The van der Waals surface area contributed by atoms with E-state index in [1.165, 1.54) is 6.21 Å². The standard InChI is InChI=1S/C21H21BrClN3O4/c1-4-12(3)30-19-16(29-5-2)10-13(17(22)18(19)23)11-24-26-20(27)14-8-6-7-9-15(14)25-21(26)28/h6-12H,4-5H2,1-3H3,(H,25,28)/t12-/m0/s1. The summed E-state index contributed by atoms with van der Waals surface area (Å²) in [5, 5.41) is 4.77. The molecule has 7 nitrogen and oxygen atoms in total. The highest BCUT2D eigenvalue weighted by atomic mass is 79.9. The third-order valence-corrected chi connectivity index (χ3v) is 5.89. The van der Waals surface area contributed by atoms with Gasteiger partial charge in [0.25, 0.3) is 5.56 Å². The number of hydrogen-bond acceptors (Lipinski definition) is 5. The Balaban J connectivity index is 2.09. The average molecular weight is 495 g/mol. The minimum atomic E-state index is -0.640. The number of halogens is 2. The fourth-order valence-corrected chi connectivity index (χ4v) is 3.38. The highest BCUT2D eigenvalue weighted by molar-refractivity contribution is 9.10. The summed E-state index contributed by atoms with van der Waals surface area (Å²) in [6, 6.07) is 8.44. The van der Waals surface area contributed by atoms with Gasteiger partial charge in [0, 0.05) is 10.0 Å². The van der Waals surface area contributed by atoms with E-state index >= 15 is 0 Å². The number of aromatic nitrogens is 2. The molecule has 0 amide bonds. The molecule has 0 unspecified atom stereocenters. The second-order valence-electron chi connectivity index (χ2n) is 6.53. The molecule has 1 atom stereocenters. The summed E-state index contributed by atoms with van der Waals surface area (Å²) in [7, 11) is 0. The number of para-hydroxylation sites is 1. The van der Waals surface area contributed by atoms with Crippen LogP contribution in [0.3, 0.4) is 0 Å². The molecule has 0 radical (unpaired) electrons. The molecule has 0 aliphatic carbocycles. The van der Waals surface area contributed by atoms with Gasteiger partial charge < -0.3 is 14.5 Å². The van der Waals surface area contributed by atoms with Crippen LogP contribution in [-0.2, 0) is 0 Å². The molecular weight excluding hydrogens is 474 g/mol. The van der Waals surface area contributed by atoms with Crippen LogP contribution in [0.1, 0.15) is 32.8 Å². The third-order valence-electron chi connectivity index (χ3n) is 4.45. The van der Waals surface area contributed by atoms with Crippen molar-refractivity contribution in [2.45, 2.75) is 33.3 Å². The fraction of sp³-hybridized carbons (Fsp3) is 0.286. The number of hydrogen-bond donors (Lipinski definition) is 1. The van der Waals surface area contributed by atoms with Gasteiger partial charge in [-0.2, -0.15) is 5.10 Å². The summed E-state index contributed by atoms with van der Waals surface area (Å²) in [5.41, 5.74) is -0.179. The maximum Gasteiger partial charge on any atom is 0.349 e. The van der Waals surface area contributed by atoms with Gasteiger partial charge >= 0.3 is 5.69 Å². The van der Waals surface area contributed by atoms with Crippen LogP contribution in [-0.4, -0.2) is 28.6 Å². The van der Waals surface area contributed by atoms with E-state index in [4.69, 9.17) is 21.1 Å². The fourth-order valence-electron chi connectivity index (χ4n) is 2.73. The number of H-pyrrole nitrogens is 1. The van der Waals surface area contributed by atoms with E-state index in [1.54, 1.807) is 30.3 Å². The van der Waals surface area contributed by atoms with Crippen LogP contribution in [0.15, 0.2) is 49.5 Å². The Morgan fingerprint density at radius 1 is 1.30 bits per heavy atom. The molecule has 0 aliphatic rings. The van der Waals surface area contributed by atoms with E-state index < -0.39 is 11.2 Å². The zero-order valence-electron chi connectivity index (χ0n) is 16.7. The zero-order chi connectivity index (χ0) is 21.8. The predicted molar refractivity (Wildman–Crippen MR) is 123 cm³/mol. The molecule has 3 aromatic rings. The van der Waals surface area contributed by atoms with Gasteiger partial charge in [0.15, 0.2) is 11.5 Å². The summed E-state index contributed by atoms with van der Waals surface area (Å²) >= 11 is 9.96. The van der Waals surface area contributed by atoms with Gasteiger partial charge in [-0.3, -0.25) is 4.79 Å². The Morgan fingerprint density at radius 3 is 2.73 bits per heavy atom. The van der Waals surface area contributed by atoms with Crippen LogP contribution in [0.4, 0.5) is 0 Å². The number of aromatic amines is 1. The van der Waals surface area contributed by atoms with Gasteiger partial charge in [-0.15, -0.1) is 4.68 Å². The van der Waals surface area contributed by atoms with Gasteiger partial charge in [-0.05, 0) is 54.4 Å². The van der Waals surface area contributed by atoms with Crippen molar-refractivity contribution in [3.05, 3.63) is 66.2 Å². The van der Waals surface area contributed by atoms with Crippen molar-refractivity contribution in [3.63, 3.8) is 0 Å². The summed E-state index contributed by atoms with van der Waals surface area (Å²) in [6.07, 6.45) is 2.12. The molecule has 0 saturated carbocycles. The molecule has 0 spiro atoms. The van der Waals surface area contributed by atoms with Crippen LogP contribution in [0.2, 0.25) is 5.02 Å². The van der Waals surface area contributed by atoms with Gasteiger partial charge in [-0.1, -0.05) is 30.7 Å². The predicted octanol–water partition coefficient (Wildman–Crippen LogP) is 4.56. The first-order valence-electron chi connectivity index (χ1n) is 9.47. The van der Waals surface area contributed by atoms with Gasteiger partial charge in [0.05, 0.1) is 29.8 Å². The van der Waals surface area contributed by atoms with Crippen LogP contribution < -0.4 is 20.7 Å². The first-order valence-corrected chi connectivity index (χ1v) is 10.6. The SMILES string of the molecule is CCOc1cc(C=Nn2c(=O)[nH]c3ccccc3c2=O)c(Br)c(Cl)c1O[C@@H](C)CC. The molecule has 0 aliphatic heterocycles. The third kappa shape index (κ3) is 4.44. The molecule has 9 heteroatoms. The van der Waals surface area contributed by atoms with Crippen LogP contribution in [0, 0.1) is 0 Å². The molecule has 1 N–H and O–H groups in total. The molecular formula is C21H21BrClN3O4. The normalized spacial score (nSPS) is 12.4. The Bertz CT molecular complexity index is 1220. The lowest BCUT2D eigenvalue weighted by molar-refractivity contribution is 0.203. The Labute approximate surface area is 186 Å². The molecule has 1 aromatic heterocycles. The van der Waals surface area contributed by atoms with Crippen molar-refractivity contribution in [3.8, 4) is 11.5 Å². The van der Waals surface area contributed by atoms with Crippen molar-refractivity contribution >= 4 is 44.6 Å². The number of rotatable bonds is 7. The smallest absolute Gasteiger partial charge is 0.349 e. The van der Waals surface area contributed by atoms with E-state index in [9.17, 15) is 9.59 Å². The average Bonchev–Trinajstić information content (AvgIpc) is 2.73. The first-order chi connectivity index (χ1) is 14.4. The highest BCUT2D eigenvalue weighted by Gasteiger charge is 2.19. The number of nitrogens with zero attached hydrogens (tertiary/aromatic N) is 2. The maximum atomic E-state index is 12.6. The first kappa shape index (κ1) is 22.1. The van der Waals surface area contributed by atoms with E-state index in [2.05, 4.69) is 26.0 Å². The van der Waals surface area contributed by atoms with Crippen molar-refractivity contribution in [1.29, 1.82) is 0 Å². The van der Waals surface area contributed by atoms with Crippen LogP contribution in [0.25, 0.3) is 10.9 Å². The summed E-state index contributed by atoms with van der Waals surface area (Å²) in [4.78, 5) is 27.6. The minimum Gasteiger partial charge on any atom is -0.490 e. The summed E-state index contributed by atoms with van der Waals surface area (Å²) in [5.74, 6) is 0.879. The highest BCUT2D eigenvalue weighted by Crippen LogP contribution is 2.42. The van der Waals surface area contributed by atoms with E-state index in [-0.39, 0.29) is 6.10 Å². The summed E-state index contributed by atoms with van der Waals surface area (Å²) in [6.45, 7) is 6.21. The summed E-state index contributed by atoms with van der Waals surface area (Å²) < 4.78 is 12.9. The molecule has 158 valence electrons. The van der Waals surface area contributed by atoms with Crippen molar-refractivity contribution in [2.24, 2.45) is 5.10 Å². The molecule has 1 heterocycles. The molecule has 3 rings (SSSR count). The number of fused-ring (bicyclic) bond motifs is 1. The Kier molecular flexibility index (Phi) is 6.99. The number of ether oxygens (including phenoxy) is 2. The lowest BCUT2D eigenvalue weighted by atomic mass is 10.2. The van der Waals surface area contributed by atoms with Crippen molar-refractivity contribution in [1.82, 2.24) is 9.66 Å². The van der Waals surface area contributed by atoms with E-state index in [1.807, 2.05) is 20.8 Å². The molecule has 0 bridgehead atoms. The lowest BCUT2D eigenvalue weighted by Gasteiger charge is -2.19. The molecule has 2 aromatic carbocycles. The lowest BCUT2D eigenvalue weighted by Crippen LogP contribution is -2.32. The van der Waals surface area contributed by atoms with Gasteiger partial charge in [-0.25, -0.2) is 4.79 Å². The van der Waals surface area contributed by atoms with Crippen molar-refractivity contribution in [2.75, 3.05) is 6.61 Å². The van der Waals surface area contributed by atoms with Crippen molar-refractivity contribution < 1.29 is 9.47 Å². The van der Waals surface area contributed by atoms with E-state index in [0.29, 0.717) is 44.1 Å². The Hall–Kier alpha value is -2.58. The second-order valence-corrected chi connectivity index (χ2v) is 7.70. The van der Waals surface area contributed by atoms with Crippen LogP contribution in [0.5, 0.6) is 11.5 Å². The number of nitrogens with one attached hydrogen (secondary N) is 1. The maximum absolute atomic E-state index is 12.6. The number of benzene rings is 2. The molecule has 0 saturated heterocycles. The van der Waals surface area contributed by atoms with Gasteiger partial charge in [0.2, 0.25) is 0 Å². The molecule has 0 fully saturated rings. The molecule has 30 heavy (non-hydrogen) atoms.